The summed E-state index contributed by atoms with van der Waals surface area (Å²) in [5, 5.41) is 14.2. The van der Waals surface area contributed by atoms with E-state index in [2.05, 4.69) is 265 Å². The Morgan fingerprint density at radius 2 is 0.938 bits per heavy atom. The van der Waals surface area contributed by atoms with E-state index in [-0.39, 0.29) is 32.8 Å². The van der Waals surface area contributed by atoms with Gasteiger partial charge in [-0.15, -0.1) is 0 Å². The van der Waals surface area contributed by atoms with Crippen molar-refractivity contribution >= 4 is 32.8 Å². The van der Waals surface area contributed by atoms with Gasteiger partial charge in [0, 0.05) is 45.0 Å². The zero-order valence-electron chi connectivity index (χ0n) is 49.4. The van der Waals surface area contributed by atoms with Crippen molar-refractivity contribution < 1.29 is 9.50 Å². The highest BCUT2D eigenvalue weighted by molar-refractivity contribution is 6.14. The lowest BCUT2D eigenvalue weighted by molar-refractivity contribution is 0.474. The van der Waals surface area contributed by atoms with E-state index in [0.29, 0.717) is 11.4 Å². The first kappa shape index (κ1) is 53.9. The minimum atomic E-state index is -0.458. The summed E-state index contributed by atoms with van der Waals surface area (Å²) in [5.74, 6) is -0.0630. The molecule has 5 nitrogen and oxygen atoms in total. The molecule has 3 heterocycles. The number of phenolic OH excluding ortho intramolecular Hbond substituents is 1. The molecule has 0 saturated heterocycles. The molecule has 11 rings (SSSR count). The average molecular weight is 1060 g/mol. The van der Waals surface area contributed by atoms with Gasteiger partial charge in [0.2, 0.25) is 0 Å². The second kappa shape index (κ2) is 19.3. The van der Waals surface area contributed by atoms with Crippen LogP contribution in [0, 0.1) is 5.82 Å². The van der Waals surface area contributed by atoms with E-state index in [1.165, 1.54) is 40.1 Å². The van der Waals surface area contributed by atoms with Crippen LogP contribution < -0.4 is 0 Å². The summed E-state index contributed by atoms with van der Waals surface area (Å²) in [4.78, 5) is 10.8. The van der Waals surface area contributed by atoms with Crippen LogP contribution in [0.4, 0.5) is 4.39 Å². The van der Waals surface area contributed by atoms with E-state index in [4.69, 9.17) is 9.97 Å². The molecule has 0 aliphatic carbocycles. The van der Waals surface area contributed by atoms with Crippen LogP contribution in [0.15, 0.2) is 176 Å². The molecule has 0 saturated carbocycles. The van der Waals surface area contributed by atoms with E-state index in [9.17, 15) is 5.11 Å². The van der Waals surface area contributed by atoms with Gasteiger partial charge in [-0.1, -0.05) is 189 Å². The molecule has 0 radical (unpaired) electrons. The van der Waals surface area contributed by atoms with Crippen LogP contribution in [-0.4, -0.2) is 24.2 Å². The van der Waals surface area contributed by atoms with Crippen molar-refractivity contribution in [3.05, 3.63) is 210 Å². The molecule has 80 heavy (non-hydrogen) atoms. The van der Waals surface area contributed by atoms with Gasteiger partial charge < -0.3 is 9.67 Å². The van der Waals surface area contributed by atoms with Crippen LogP contribution in [0.3, 0.4) is 0 Å². The molecule has 0 aliphatic heterocycles. The van der Waals surface area contributed by atoms with Crippen LogP contribution >= 0.6 is 0 Å². The SMILES string of the molecule is CC(C)(C)c1cc(-c2cc(-c3cccc4c5ccccc5n(-c5ccccc5)c34)ccn2)cc(-c2cc(-c3cc(C(C)(C)C)cc(C(C)(C)C)c3)cc3c2nc(-c2cc(F)ccc2O)n3-c2cc(C(C)(C)C)cc(C(C)(C)C)c2)c1. The van der Waals surface area contributed by atoms with Crippen molar-refractivity contribution in [1.29, 1.82) is 0 Å². The molecule has 0 bridgehead atoms. The standard InChI is InChI=1S/C74H75FN4O/c1-70(2,3)50-35-48(32-49(36-50)63-38-45(30-31-76-63)58-25-21-26-60-59-24-19-20-27-64(59)78(68(58)60)56-22-17-16-18-23-56)61-37-47(46-33-51(71(4,5)6)40-52(34-46)72(7,8)9)39-65-67(61)77-69(62-44-55(75)28-29-66(62)80)79(65)57-42-53(73(10,11)12)41-54(43-57)74(13,14)15/h16-44,80H,1-15H3. The van der Waals surface area contributed by atoms with E-state index >= 15 is 4.39 Å². The topological polar surface area (TPSA) is 55.9 Å². The summed E-state index contributed by atoms with van der Waals surface area (Å²) >= 11 is 0. The average Bonchev–Trinajstić information content (AvgIpc) is 3.98. The van der Waals surface area contributed by atoms with Gasteiger partial charge in [0.25, 0.3) is 0 Å². The lowest BCUT2D eigenvalue weighted by Crippen LogP contribution is -2.17. The summed E-state index contributed by atoms with van der Waals surface area (Å²) in [5.41, 5.74) is 19.2. The second-order valence-corrected chi connectivity index (χ2v) is 27.3. The Morgan fingerprint density at radius 1 is 0.388 bits per heavy atom. The summed E-state index contributed by atoms with van der Waals surface area (Å²) in [6.45, 7) is 33.9. The number of fused-ring (bicyclic) bond motifs is 4. The number of nitrogens with zero attached hydrogens (tertiary/aromatic N) is 4. The third-order valence-electron chi connectivity index (χ3n) is 16.1. The summed E-state index contributed by atoms with van der Waals surface area (Å²) in [7, 11) is 0. The third-order valence-corrected chi connectivity index (χ3v) is 16.1. The maximum atomic E-state index is 15.7. The van der Waals surface area contributed by atoms with E-state index in [1.807, 2.05) is 6.20 Å². The molecular formula is C74H75FN4O. The van der Waals surface area contributed by atoms with Gasteiger partial charge in [-0.2, -0.15) is 0 Å². The van der Waals surface area contributed by atoms with Gasteiger partial charge in [0.15, 0.2) is 0 Å². The number of hydrogen-bond donors (Lipinski definition) is 1. The molecule has 0 unspecified atom stereocenters. The molecule has 1 N–H and O–H groups in total. The largest absolute Gasteiger partial charge is 0.507 e. The Kier molecular flexibility index (Phi) is 13.0. The number of aromatic nitrogens is 4. The van der Waals surface area contributed by atoms with Crippen LogP contribution in [0.1, 0.15) is 132 Å². The van der Waals surface area contributed by atoms with E-state index < -0.39 is 5.82 Å². The number of hydrogen-bond acceptors (Lipinski definition) is 3. The minimum absolute atomic E-state index is 0.0525. The summed E-state index contributed by atoms with van der Waals surface area (Å²) in [6, 6.07) is 59.7. The Hall–Kier alpha value is -8.09. The van der Waals surface area contributed by atoms with Crippen molar-refractivity contribution in [2.75, 3.05) is 0 Å². The van der Waals surface area contributed by atoms with Gasteiger partial charge in [0.05, 0.1) is 33.3 Å². The predicted octanol–water partition coefficient (Wildman–Crippen LogP) is 20.2. The number of rotatable bonds is 7. The smallest absolute Gasteiger partial charge is 0.149 e. The molecule has 0 fully saturated rings. The molecule has 8 aromatic carbocycles. The van der Waals surface area contributed by atoms with Crippen LogP contribution in [-0.2, 0) is 27.1 Å². The molecule has 6 heteroatoms. The van der Waals surface area contributed by atoms with Crippen LogP contribution in [0.25, 0.3) is 100 Å². The maximum Gasteiger partial charge on any atom is 0.149 e. The number of pyridine rings is 1. The molecule has 11 aromatic rings. The third kappa shape index (κ3) is 10.0. The highest BCUT2D eigenvalue weighted by atomic mass is 19.1. The fourth-order valence-electron chi connectivity index (χ4n) is 11.2. The quantitative estimate of drug-likeness (QED) is 0.173. The fraction of sp³-hybridized carbons (Fsp3) is 0.270. The van der Waals surface area contributed by atoms with Gasteiger partial charge in [-0.25, -0.2) is 9.37 Å². The molecule has 0 amide bonds. The maximum absolute atomic E-state index is 15.7. The van der Waals surface area contributed by atoms with E-state index in [1.54, 1.807) is 0 Å². The molecule has 0 atom stereocenters. The van der Waals surface area contributed by atoms with Crippen molar-refractivity contribution in [2.45, 2.75) is 131 Å². The van der Waals surface area contributed by atoms with Crippen LogP contribution in [0.5, 0.6) is 5.75 Å². The van der Waals surface area contributed by atoms with E-state index in [0.717, 1.165) is 94.8 Å². The zero-order chi connectivity index (χ0) is 57.0. The number of para-hydroxylation sites is 3. The summed E-state index contributed by atoms with van der Waals surface area (Å²) in [6.07, 6.45) is 1.94. The number of halogens is 1. The molecular weight excluding hydrogens is 980 g/mol. The van der Waals surface area contributed by atoms with Crippen LogP contribution in [0.2, 0.25) is 0 Å². The molecule has 404 valence electrons. The molecule has 0 spiro atoms. The van der Waals surface area contributed by atoms with Crippen molar-refractivity contribution in [3.8, 4) is 73.2 Å². The monoisotopic (exact) mass is 1050 g/mol. The van der Waals surface area contributed by atoms with Gasteiger partial charge >= 0.3 is 0 Å². The molecule has 0 aliphatic rings. The van der Waals surface area contributed by atoms with Gasteiger partial charge in [-0.05, 0) is 162 Å². The fourth-order valence-corrected chi connectivity index (χ4v) is 11.2. The van der Waals surface area contributed by atoms with Crippen molar-refractivity contribution in [1.82, 2.24) is 19.1 Å². The Labute approximate surface area is 472 Å². The minimum Gasteiger partial charge on any atom is -0.507 e. The normalized spacial score (nSPS) is 12.8. The van der Waals surface area contributed by atoms with Crippen molar-refractivity contribution in [3.63, 3.8) is 0 Å². The van der Waals surface area contributed by atoms with Gasteiger partial charge in [0.1, 0.15) is 17.4 Å². The first-order valence-corrected chi connectivity index (χ1v) is 28.2. The number of benzene rings is 8. The Balaban J connectivity index is 1.23. The predicted molar refractivity (Wildman–Crippen MR) is 336 cm³/mol. The highest BCUT2D eigenvalue weighted by Crippen LogP contribution is 2.46. The number of phenols is 1. The first-order valence-electron chi connectivity index (χ1n) is 28.2. The Bertz CT molecular complexity index is 4150. The first-order chi connectivity index (χ1) is 37.6. The second-order valence-electron chi connectivity index (χ2n) is 27.3. The van der Waals surface area contributed by atoms with Crippen molar-refractivity contribution in [2.24, 2.45) is 0 Å². The summed E-state index contributed by atoms with van der Waals surface area (Å²) < 4.78 is 20.3. The Morgan fingerprint density at radius 3 is 1.57 bits per heavy atom. The zero-order valence-corrected chi connectivity index (χ0v) is 49.4. The number of imidazole rings is 1. The molecule has 3 aromatic heterocycles. The van der Waals surface area contributed by atoms with Gasteiger partial charge in [-0.3, -0.25) is 9.55 Å². The highest BCUT2D eigenvalue weighted by Gasteiger charge is 2.29. The number of aromatic hydroxyl groups is 1. The lowest BCUT2D eigenvalue weighted by atomic mass is 9.78. The lowest BCUT2D eigenvalue weighted by Gasteiger charge is -2.27.